The van der Waals surface area contributed by atoms with Gasteiger partial charge >= 0.3 is 0 Å². The van der Waals surface area contributed by atoms with Gasteiger partial charge in [0.05, 0.1) is 12.6 Å². The number of amides is 1. The number of likely N-dealkylation sites (tertiary alicyclic amines) is 1. The first-order valence-corrected chi connectivity index (χ1v) is 9.15. The summed E-state index contributed by atoms with van der Waals surface area (Å²) in [5.74, 6) is 2.34. The lowest BCUT2D eigenvalue weighted by Gasteiger charge is -2.32. The van der Waals surface area contributed by atoms with Gasteiger partial charge in [-0.3, -0.25) is 9.69 Å². The molecule has 1 fully saturated rings. The number of terminal acetylenes is 1. The van der Waals surface area contributed by atoms with Gasteiger partial charge in [0.25, 0.3) is 0 Å². The summed E-state index contributed by atoms with van der Waals surface area (Å²) in [4.78, 5) is 19.9. The fourth-order valence-corrected chi connectivity index (χ4v) is 3.88. The van der Waals surface area contributed by atoms with Crippen LogP contribution in [0.2, 0.25) is 0 Å². The first-order valence-electron chi connectivity index (χ1n) is 8.33. The molecule has 2 aromatic rings. The van der Waals surface area contributed by atoms with E-state index in [4.69, 9.17) is 6.42 Å². The summed E-state index contributed by atoms with van der Waals surface area (Å²) in [5, 5.41) is 3.50. The average molecular weight is 357 g/mol. The highest BCUT2D eigenvalue weighted by Crippen LogP contribution is 2.23. The molecule has 1 aliphatic heterocycles. The van der Waals surface area contributed by atoms with Crippen LogP contribution in [0.5, 0.6) is 0 Å². The average Bonchev–Trinajstić information content (AvgIpc) is 3.04. The molecule has 2 heterocycles. The third kappa shape index (κ3) is 4.65. The quantitative estimate of drug-likeness (QED) is 0.835. The highest BCUT2D eigenvalue weighted by atomic mass is 32.1. The van der Waals surface area contributed by atoms with Crippen LogP contribution in [-0.4, -0.2) is 34.9 Å². The number of aromatic nitrogens is 1. The molecule has 0 aliphatic carbocycles. The molecule has 1 N–H and O–H groups in total. The molecule has 1 unspecified atom stereocenters. The highest BCUT2D eigenvalue weighted by molar-refractivity contribution is 7.15. The molecule has 0 saturated carbocycles. The fourth-order valence-electron chi connectivity index (χ4n) is 3.03. The number of piperidine rings is 1. The third-order valence-corrected chi connectivity index (χ3v) is 5.20. The Bertz CT molecular complexity index is 766. The van der Waals surface area contributed by atoms with Crippen LogP contribution in [0.4, 0.5) is 9.52 Å². The van der Waals surface area contributed by atoms with Crippen molar-refractivity contribution in [3.05, 3.63) is 46.7 Å². The van der Waals surface area contributed by atoms with Gasteiger partial charge in [-0.1, -0.05) is 24.5 Å². The smallest absolute Gasteiger partial charge is 0.243 e. The Labute approximate surface area is 151 Å². The second kappa shape index (κ2) is 8.24. The summed E-state index contributed by atoms with van der Waals surface area (Å²) < 4.78 is 13.0. The van der Waals surface area contributed by atoms with Gasteiger partial charge < -0.3 is 5.32 Å². The van der Waals surface area contributed by atoms with Crippen LogP contribution in [0.3, 0.4) is 0 Å². The number of carbonyl (C=O) groups excluding carboxylic acids is 1. The van der Waals surface area contributed by atoms with E-state index in [-0.39, 0.29) is 17.8 Å². The van der Waals surface area contributed by atoms with E-state index >= 15 is 0 Å². The predicted octanol–water partition coefficient (Wildman–Crippen LogP) is 3.30. The summed E-state index contributed by atoms with van der Waals surface area (Å²) in [6.45, 7) is 1.35. The summed E-state index contributed by atoms with van der Waals surface area (Å²) in [6, 6.07) is 6.22. The summed E-state index contributed by atoms with van der Waals surface area (Å²) in [7, 11) is 0. The number of thiazole rings is 1. The van der Waals surface area contributed by atoms with E-state index in [1.165, 1.54) is 23.5 Å². The van der Waals surface area contributed by atoms with E-state index in [0.29, 0.717) is 18.1 Å². The molecule has 1 atom stereocenters. The molecule has 130 valence electrons. The van der Waals surface area contributed by atoms with Crippen molar-refractivity contribution in [2.24, 2.45) is 0 Å². The van der Waals surface area contributed by atoms with Gasteiger partial charge in [0.15, 0.2) is 5.13 Å². The summed E-state index contributed by atoms with van der Waals surface area (Å²) in [6.07, 6.45) is 10.8. The van der Waals surface area contributed by atoms with Crippen molar-refractivity contribution in [1.29, 1.82) is 0 Å². The van der Waals surface area contributed by atoms with Crippen molar-refractivity contribution in [2.45, 2.75) is 31.7 Å². The first kappa shape index (κ1) is 17.6. The zero-order valence-electron chi connectivity index (χ0n) is 13.9. The zero-order valence-corrected chi connectivity index (χ0v) is 14.7. The van der Waals surface area contributed by atoms with Crippen LogP contribution in [0.25, 0.3) is 0 Å². The van der Waals surface area contributed by atoms with Crippen LogP contribution in [0, 0.1) is 18.2 Å². The van der Waals surface area contributed by atoms with Gasteiger partial charge in [-0.05, 0) is 37.1 Å². The molecule has 1 amide bonds. The zero-order chi connectivity index (χ0) is 17.6. The molecule has 3 rings (SSSR count). The highest BCUT2D eigenvalue weighted by Gasteiger charge is 2.28. The van der Waals surface area contributed by atoms with Crippen LogP contribution < -0.4 is 5.32 Å². The van der Waals surface area contributed by atoms with Crippen LogP contribution in [0.15, 0.2) is 30.5 Å². The molecule has 1 saturated heterocycles. The van der Waals surface area contributed by atoms with Crippen LogP contribution in [-0.2, 0) is 11.2 Å². The number of hydrogen-bond acceptors (Lipinski definition) is 4. The molecule has 0 radical (unpaired) electrons. The molecule has 0 bridgehead atoms. The van der Waals surface area contributed by atoms with Crippen molar-refractivity contribution < 1.29 is 9.18 Å². The minimum absolute atomic E-state index is 0.0439. The number of benzene rings is 1. The Hall–Kier alpha value is -2.23. The molecule has 6 heteroatoms. The van der Waals surface area contributed by atoms with Crippen LogP contribution >= 0.6 is 11.3 Å². The largest absolute Gasteiger partial charge is 0.301 e. The van der Waals surface area contributed by atoms with Crippen LogP contribution in [0.1, 0.15) is 29.7 Å². The van der Waals surface area contributed by atoms with E-state index in [0.717, 1.165) is 36.2 Å². The number of hydrogen-bond donors (Lipinski definition) is 1. The van der Waals surface area contributed by atoms with Gasteiger partial charge in [-0.2, -0.15) is 0 Å². The standard InChI is InChI=1S/C19H20FN3OS/c1-2-10-23-11-4-3-5-17(23)18(24)22-19-21-13-16(25-19)12-14-6-8-15(20)9-7-14/h1,6-9,13,17H,3-5,10-12H2,(H,21,22,24). The number of nitrogens with zero attached hydrogens (tertiary/aromatic N) is 2. The minimum Gasteiger partial charge on any atom is -0.301 e. The molecular weight excluding hydrogens is 337 g/mol. The Morgan fingerprint density at radius 2 is 2.20 bits per heavy atom. The van der Waals surface area contributed by atoms with Crippen molar-refractivity contribution in [3.8, 4) is 12.3 Å². The molecule has 1 aromatic heterocycles. The normalized spacial score (nSPS) is 17.8. The lowest BCUT2D eigenvalue weighted by atomic mass is 10.0. The maximum Gasteiger partial charge on any atom is 0.243 e. The Morgan fingerprint density at radius 1 is 1.40 bits per heavy atom. The van der Waals surface area contributed by atoms with E-state index in [2.05, 4.69) is 16.2 Å². The summed E-state index contributed by atoms with van der Waals surface area (Å²) in [5.41, 5.74) is 1.01. The monoisotopic (exact) mass is 357 g/mol. The molecule has 0 spiro atoms. The fraction of sp³-hybridized carbons (Fsp3) is 0.368. The minimum atomic E-state index is -0.245. The van der Waals surface area contributed by atoms with E-state index < -0.39 is 0 Å². The Balaban J connectivity index is 1.61. The maximum atomic E-state index is 13.0. The number of anilines is 1. The van der Waals surface area contributed by atoms with E-state index in [9.17, 15) is 9.18 Å². The first-order chi connectivity index (χ1) is 12.2. The van der Waals surface area contributed by atoms with Gasteiger partial charge in [0.1, 0.15) is 5.82 Å². The predicted molar refractivity (Wildman–Crippen MR) is 98.0 cm³/mol. The van der Waals surface area contributed by atoms with Gasteiger partial charge in [0, 0.05) is 17.5 Å². The molecule has 25 heavy (non-hydrogen) atoms. The Kier molecular flexibility index (Phi) is 5.79. The number of halogens is 1. The van der Waals surface area contributed by atoms with Crippen molar-refractivity contribution >= 4 is 22.4 Å². The van der Waals surface area contributed by atoms with Crippen molar-refractivity contribution in [2.75, 3.05) is 18.4 Å². The molecule has 1 aromatic carbocycles. The van der Waals surface area contributed by atoms with Gasteiger partial charge in [0.2, 0.25) is 5.91 Å². The SMILES string of the molecule is C#CCN1CCCCC1C(=O)Nc1ncc(Cc2ccc(F)cc2)s1. The lowest BCUT2D eigenvalue weighted by Crippen LogP contribution is -2.47. The number of nitrogens with one attached hydrogen (secondary N) is 1. The number of carbonyl (C=O) groups is 1. The van der Waals surface area contributed by atoms with E-state index in [1.807, 2.05) is 4.90 Å². The third-order valence-electron chi connectivity index (χ3n) is 4.29. The summed E-state index contributed by atoms with van der Waals surface area (Å²) >= 11 is 1.44. The molecule has 1 aliphatic rings. The second-order valence-electron chi connectivity index (χ2n) is 6.11. The maximum absolute atomic E-state index is 13.0. The Morgan fingerprint density at radius 3 is 2.96 bits per heavy atom. The molecular formula is C19H20FN3OS. The van der Waals surface area contributed by atoms with Gasteiger partial charge in [-0.25, -0.2) is 9.37 Å². The van der Waals surface area contributed by atoms with Crippen molar-refractivity contribution in [1.82, 2.24) is 9.88 Å². The topological polar surface area (TPSA) is 45.2 Å². The molecule has 4 nitrogen and oxygen atoms in total. The lowest BCUT2D eigenvalue weighted by molar-refractivity contribution is -0.122. The van der Waals surface area contributed by atoms with E-state index in [1.54, 1.807) is 18.3 Å². The van der Waals surface area contributed by atoms with Gasteiger partial charge in [-0.15, -0.1) is 17.8 Å². The van der Waals surface area contributed by atoms with Crippen molar-refractivity contribution in [3.63, 3.8) is 0 Å². The second-order valence-corrected chi connectivity index (χ2v) is 7.23. The number of rotatable bonds is 5.